The van der Waals surface area contributed by atoms with E-state index in [0.717, 1.165) is 36.0 Å². The smallest absolute Gasteiger partial charge is 0.335 e. The summed E-state index contributed by atoms with van der Waals surface area (Å²) in [6.45, 7) is 1.21. The average Bonchev–Trinajstić information content (AvgIpc) is 3.04. The molecule has 1 aliphatic heterocycles. The molecule has 0 bridgehead atoms. The highest BCUT2D eigenvalue weighted by atomic mass is 16.4. The summed E-state index contributed by atoms with van der Waals surface area (Å²) in [6.07, 6.45) is 2.62. The molecule has 0 radical (unpaired) electrons. The Hall–Kier alpha value is -2.62. The molecule has 0 aromatic heterocycles. The van der Waals surface area contributed by atoms with Crippen molar-refractivity contribution in [3.05, 3.63) is 70.3 Å². The van der Waals surface area contributed by atoms with Crippen LogP contribution in [0.1, 0.15) is 45.0 Å². The lowest BCUT2D eigenvalue weighted by molar-refractivity contribution is -0.133. The van der Waals surface area contributed by atoms with E-state index in [1.807, 2.05) is 23.1 Å². The van der Waals surface area contributed by atoms with Crippen LogP contribution in [0, 0.1) is 0 Å². The van der Waals surface area contributed by atoms with Crippen LogP contribution in [-0.4, -0.2) is 28.4 Å². The number of carbonyl (C=O) groups is 2. The minimum atomic E-state index is -0.925. The van der Waals surface area contributed by atoms with Crippen molar-refractivity contribution >= 4 is 11.9 Å². The summed E-state index contributed by atoms with van der Waals surface area (Å²) in [5, 5.41) is 9.16. The number of aryl methyl sites for hydroxylation is 1. The maximum Gasteiger partial charge on any atom is 0.335 e. The van der Waals surface area contributed by atoms with Gasteiger partial charge in [-0.2, -0.15) is 0 Å². The molecule has 4 heteroatoms. The first-order chi connectivity index (χ1) is 11.6. The van der Waals surface area contributed by atoms with Crippen molar-refractivity contribution in [1.82, 2.24) is 4.90 Å². The van der Waals surface area contributed by atoms with Gasteiger partial charge in [0.15, 0.2) is 0 Å². The van der Waals surface area contributed by atoms with Crippen molar-refractivity contribution in [3.63, 3.8) is 0 Å². The van der Waals surface area contributed by atoms with Crippen molar-refractivity contribution in [2.45, 2.75) is 31.7 Å². The van der Waals surface area contributed by atoms with Crippen molar-refractivity contribution in [2.75, 3.05) is 6.54 Å². The van der Waals surface area contributed by atoms with Gasteiger partial charge in [-0.25, -0.2) is 4.79 Å². The predicted molar refractivity (Wildman–Crippen MR) is 90.0 cm³/mol. The molecule has 4 nitrogen and oxygen atoms in total. The van der Waals surface area contributed by atoms with Crippen LogP contribution in [0.15, 0.2) is 42.5 Å². The molecule has 0 saturated carbocycles. The monoisotopic (exact) mass is 321 g/mol. The maximum atomic E-state index is 13.0. The standard InChI is InChI=1S/C20H19NO3/c22-19(18-8-7-14-3-1-2-4-17(14)18)21-10-9-13-5-6-15(20(23)24)11-16(13)12-21/h1-6,11,18H,7-10,12H2,(H,23,24). The number of amides is 1. The SMILES string of the molecule is O=C(O)c1ccc2c(c1)CN(C(=O)C1CCc3ccccc31)CC2. The van der Waals surface area contributed by atoms with Crippen LogP contribution in [-0.2, 0) is 24.2 Å². The van der Waals surface area contributed by atoms with Crippen LogP contribution in [0.2, 0.25) is 0 Å². The van der Waals surface area contributed by atoms with E-state index in [1.54, 1.807) is 12.1 Å². The fraction of sp³-hybridized carbons (Fsp3) is 0.300. The zero-order valence-corrected chi connectivity index (χ0v) is 13.4. The number of hydrogen-bond acceptors (Lipinski definition) is 2. The van der Waals surface area contributed by atoms with E-state index < -0.39 is 5.97 Å². The highest BCUT2D eigenvalue weighted by molar-refractivity contribution is 5.88. The Bertz CT molecular complexity index is 827. The van der Waals surface area contributed by atoms with Gasteiger partial charge in [-0.3, -0.25) is 4.79 Å². The molecule has 1 amide bonds. The highest BCUT2D eigenvalue weighted by Gasteiger charge is 2.32. The van der Waals surface area contributed by atoms with Gasteiger partial charge in [-0.15, -0.1) is 0 Å². The number of carboxylic acids is 1. The zero-order valence-electron chi connectivity index (χ0n) is 13.4. The van der Waals surface area contributed by atoms with Gasteiger partial charge in [0.1, 0.15) is 0 Å². The molecule has 2 aliphatic rings. The van der Waals surface area contributed by atoms with E-state index in [1.165, 1.54) is 5.56 Å². The second kappa shape index (κ2) is 5.78. The number of aromatic carboxylic acids is 1. The van der Waals surface area contributed by atoms with Gasteiger partial charge < -0.3 is 10.0 Å². The fourth-order valence-corrected chi connectivity index (χ4v) is 3.91. The molecule has 0 fully saturated rings. The number of fused-ring (bicyclic) bond motifs is 2. The molecule has 1 atom stereocenters. The van der Waals surface area contributed by atoms with Crippen molar-refractivity contribution in [2.24, 2.45) is 0 Å². The zero-order chi connectivity index (χ0) is 16.7. The van der Waals surface area contributed by atoms with E-state index >= 15 is 0 Å². The van der Waals surface area contributed by atoms with Crippen molar-refractivity contribution in [1.29, 1.82) is 0 Å². The summed E-state index contributed by atoms with van der Waals surface area (Å²) in [6, 6.07) is 13.4. The third-order valence-corrected chi connectivity index (χ3v) is 5.21. The van der Waals surface area contributed by atoms with Crippen LogP contribution in [0.4, 0.5) is 0 Å². The van der Waals surface area contributed by atoms with Gasteiger partial charge in [0.2, 0.25) is 5.91 Å². The molecule has 1 heterocycles. The minimum Gasteiger partial charge on any atom is -0.478 e. The lowest BCUT2D eigenvalue weighted by Gasteiger charge is -2.31. The Morgan fingerprint density at radius 2 is 1.83 bits per heavy atom. The molecule has 122 valence electrons. The summed E-state index contributed by atoms with van der Waals surface area (Å²) in [4.78, 5) is 26.1. The van der Waals surface area contributed by atoms with Crippen LogP contribution < -0.4 is 0 Å². The van der Waals surface area contributed by atoms with E-state index in [2.05, 4.69) is 12.1 Å². The first kappa shape index (κ1) is 14.9. The number of benzene rings is 2. The Morgan fingerprint density at radius 3 is 2.67 bits per heavy atom. The van der Waals surface area contributed by atoms with Gasteiger partial charge in [-0.1, -0.05) is 30.3 Å². The Morgan fingerprint density at radius 1 is 1.00 bits per heavy atom. The average molecular weight is 321 g/mol. The molecule has 1 N–H and O–H groups in total. The van der Waals surface area contributed by atoms with Crippen molar-refractivity contribution < 1.29 is 14.7 Å². The topological polar surface area (TPSA) is 57.6 Å². The van der Waals surface area contributed by atoms with Gasteiger partial charge in [0.05, 0.1) is 11.5 Å². The van der Waals surface area contributed by atoms with Crippen LogP contribution in [0.5, 0.6) is 0 Å². The summed E-state index contributed by atoms with van der Waals surface area (Å²) < 4.78 is 0. The molecular weight excluding hydrogens is 302 g/mol. The van der Waals surface area contributed by atoms with Gasteiger partial charge in [-0.05, 0) is 53.6 Å². The number of carbonyl (C=O) groups excluding carboxylic acids is 1. The fourth-order valence-electron chi connectivity index (χ4n) is 3.91. The quantitative estimate of drug-likeness (QED) is 0.925. The molecular formula is C20H19NO3. The lowest BCUT2D eigenvalue weighted by Crippen LogP contribution is -2.38. The molecule has 24 heavy (non-hydrogen) atoms. The van der Waals surface area contributed by atoms with Crippen molar-refractivity contribution in [3.8, 4) is 0 Å². The van der Waals surface area contributed by atoms with Gasteiger partial charge in [0, 0.05) is 13.1 Å². The number of nitrogens with zero attached hydrogens (tertiary/aromatic N) is 1. The van der Waals surface area contributed by atoms with E-state index in [-0.39, 0.29) is 17.4 Å². The first-order valence-corrected chi connectivity index (χ1v) is 8.35. The molecule has 1 unspecified atom stereocenters. The third kappa shape index (κ3) is 2.48. The molecule has 2 aromatic carbocycles. The van der Waals surface area contributed by atoms with E-state index in [9.17, 15) is 9.59 Å². The summed E-state index contributed by atoms with van der Waals surface area (Å²) in [7, 11) is 0. The molecule has 0 spiro atoms. The number of rotatable bonds is 2. The van der Waals surface area contributed by atoms with Crippen LogP contribution in [0.3, 0.4) is 0 Å². The summed E-state index contributed by atoms with van der Waals surface area (Å²) >= 11 is 0. The van der Waals surface area contributed by atoms with Crippen LogP contribution >= 0.6 is 0 Å². The maximum absolute atomic E-state index is 13.0. The predicted octanol–water partition coefficient (Wildman–Crippen LogP) is 3.00. The minimum absolute atomic E-state index is 0.0505. The molecule has 2 aromatic rings. The molecule has 4 rings (SSSR count). The summed E-state index contributed by atoms with van der Waals surface area (Å²) in [5.41, 5.74) is 4.83. The normalized spacial score (nSPS) is 18.8. The first-order valence-electron chi connectivity index (χ1n) is 8.35. The van der Waals surface area contributed by atoms with Gasteiger partial charge >= 0.3 is 5.97 Å². The number of carboxylic acid groups (broad SMARTS) is 1. The number of hydrogen-bond donors (Lipinski definition) is 1. The Kier molecular flexibility index (Phi) is 3.60. The van der Waals surface area contributed by atoms with Gasteiger partial charge in [0.25, 0.3) is 0 Å². The second-order valence-electron chi connectivity index (χ2n) is 6.59. The lowest BCUT2D eigenvalue weighted by atomic mass is 9.94. The molecule has 1 aliphatic carbocycles. The van der Waals surface area contributed by atoms with E-state index in [4.69, 9.17) is 5.11 Å². The second-order valence-corrected chi connectivity index (χ2v) is 6.59. The van der Waals surface area contributed by atoms with E-state index in [0.29, 0.717) is 13.1 Å². The van der Waals surface area contributed by atoms with Crippen LogP contribution in [0.25, 0.3) is 0 Å². The largest absolute Gasteiger partial charge is 0.478 e. The Balaban J connectivity index is 1.57. The highest BCUT2D eigenvalue weighted by Crippen LogP contribution is 2.35. The molecule has 0 saturated heterocycles. The Labute approximate surface area is 140 Å². The summed E-state index contributed by atoms with van der Waals surface area (Å²) in [5.74, 6) is -0.803. The third-order valence-electron chi connectivity index (χ3n) is 5.21.